The van der Waals surface area contributed by atoms with Crippen LogP contribution in [0.25, 0.3) is 11.0 Å². The van der Waals surface area contributed by atoms with Gasteiger partial charge in [0.25, 0.3) is 5.91 Å². The molecule has 0 atom stereocenters. The van der Waals surface area contributed by atoms with E-state index in [1.165, 1.54) is 12.3 Å². The van der Waals surface area contributed by atoms with E-state index in [1.807, 2.05) is 6.92 Å². The van der Waals surface area contributed by atoms with Crippen molar-refractivity contribution >= 4 is 23.1 Å². The molecule has 0 bridgehead atoms. The van der Waals surface area contributed by atoms with Gasteiger partial charge < -0.3 is 18.6 Å². The maximum atomic E-state index is 11.9. The maximum Gasteiger partial charge on any atom is 0.336 e. The second kappa shape index (κ2) is 7.43. The number of hydrazone groups is 1. The van der Waals surface area contributed by atoms with E-state index in [2.05, 4.69) is 10.5 Å². The van der Waals surface area contributed by atoms with E-state index >= 15 is 0 Å². The summed E-state index contributed by atoms with van der Waals surface area (Å²) in [5.74, 6) is 1.30. The van der Waals surface area contributed by atoms with Crippen LogP contribution >= 0.6 is 0 Å². The zero-order chi connectivity index (χ0) is 19.5. The molecule has 1 amide bonds. The van der Waals surface area contributed by atoms with Gasteiger partial charge in [-0.15, -0.1) is 0 Å². The average Bonchev–Trinajstić information content (AvgIpc) is 3.14. The van der Waals surface area contributed by atoms with E-state index in [-0.39, 0.29) is 13.4 Å². The highest BCUT2D eigenvalue weighted by atomic mass is 16.7. The summed E-state index contributed by atoms with van der Waals surface area (Å²) < 4.78 is 21.1. The summed E-state index contributed by atoms with van der Waals surface area (Å²) in [6.07, 6.45) is 1.49. The van der Waals surface area contributed by atoms with Crippen LogP contribution in [0.1, 0.15) is 11.1 Å². The molecule has 4 rings (SSSR count). The lowest BCUT2D eigenvalue weighted by Gasteiger charge is -2.06. The number of fused-ring (bicyclic) bond motifs is 2. The Hall–Kier alpha value is -3.81. The van der Waals surface area contributed by atoms with Gasteiger partial charge in [-0.1, -0.05) is 0 Å². The van der Waals surface area contributed by atoms with Crippen LogP contribution < -0.4 is 25.3 Å². The van der Waals surface area contributed by atoms with Crippen molar-refractivity contribution < 1.29 is 23.4 Å². The maximum absolute atomic E-state index is 11.9. The second-order valence-corrected chi connectivity index (χ2v) is 6.10. The van der Waals surface area contributed by atoms with Gasteiger partial charge in [-0.3, -0.25) is 4.79 Å². The van der Waals surface area contributed by atoms with E-state index in [4.69, 9.17) is 18.6 Å². The quantitative estimate of drug-likeness (QED) is 0.414. The molecule has 3 aromatic rings. The Kier molecular flexibility index (Phi) is 4.67. The Bertz CT molecular complexity index is 1140. The lowest BCUT2D eigenvalue weighted by atomic mass is 10.1. The largest absolute Gasteiger partial charge is 0.484 e. The van der Waals surface area contributed by atoms with Crippen molar-refractivity contribution in [2.75, 3.05) is 13.4 Å². The topological polar surface area (TPSA) is 99.4 Å². The highest BCUT2D eigenvalue weighted by molar-refractivity contribution is 5.84. The molecule has 1 aliphatic rings. The fourth-order valence-corrected chi connectivity index (χ4v) is 2.75. The molecule has 2 aromatic carbocycles. The van der Waals surface area contributed by atoms with Crippen LogP contribution in [-0.2, 0) is 4.79 Å². The van der Waals surface area contributed by atoms with E-state index in [0.29, 0.717) is 22.8 Å². The fraction of sp³-hybridized carbons (Fsp3) is 0.150. The zero-order valence-corrected chi connectivity index (χ0v) is 14.9. The number of hydrogen-bond donors (Lipinski definition) is 1. The number of carbonyl (C=O) groups is 1. The van der Waals surface area contributed by atoms with Crippen LogP contribution in [0, 0.1) is 6.92 Å². The molecule has 0 unspecified atom stereocenters. The van der Waals surface area contributed by atoms with Crippen LogP contribution in [0.4, 0.5) is 0 Å². The molecular formula is C20H16N2O6. The van der Waals surface area contributed by atoms with Gasteiger partial charge in [0, 0.05) is 17.5 Å². The first kappa shape index (κ1) is 17.6. The van der Waals surface area contributed by atoms with Crippen LogP contribution in [-0.4, -0.2) is 25.5 Å². The number of nitrogens with zero attached hydrogens (tertiary/aromatic N) is 1. The predicted octanol–water partition coefficient (Wildman–Crippen LogP) is 2.36. The molecule has 8 nitrogen and oxygen atoms in total. The molecule has 0 aliphatic carbocycles. The van der Waals surface area contributed by atoms with Gasteiger partial charge in [0.2, 0.25) is 6.79 Å². The number of rotatable bonds is 5. The third-order valence-electron chi connectivity index (χ3n) is 4.09. The molecule has 1 aromatic heterocycles. The Labute approximate surface area is 159 Å². The summed E-state index contributed by atoms with van der Waals surface area (Å²) in [6, 6.07) is 11.8. The molecule has 0 radical (unpaired) electrons. The zero-order valence-electron chi connectivity index (χ0n) is 14.9. The number of nitrogens with one attached hydrogen (secondary N) is 1. The molecule has 28 heavy (non-hydrogen) atoms. The Morgan fingerprint density at radius 2 is 2.04 bits per heavy atom. The lowest BCUT2D eigenvalue weighted by molar-refractivity contribution is -0.123. The average molecular weight is 380 g/mol. The Morgan fingerprint density at radius 1 is 1.18 bits per heavy atom. The van der Waals surface area contributed by atoms with E-state index in [1.54, 1.807) is 36.4 Å². The van der Waals surface area contributed by atoms with Gasteiger partial charge in [0.1, 0.15) is 11.3 Å². The monoisotopic (exact) mass is 380 g/mol. The summed E-state index contributed by atoms with van der Waals surface area (Å²) in [7, 11) is 0. The molecule has 0 spiro atoms. The van der Waals surface area contributed by atoms with E-state index < -0.39 is 11.5 Å². The first-order chi connectivity index (χ1) is 13.6. The minimum absolute atomic E-state index is 0.196. The van der Waals surface area contributed by atoms with Crippen LogP contribution in [0.2, 0.25) is 0 Å². The third-order valence-corrected chi connectivity index (χ3v) is 4.09. The summed E-state index contributed by atoms with van der Waals surface area (Å²) in [5, 5.41) is 4.70. The summed E-state index contributed by atoms with van der Waals surface area (Å²) in [5.41, 5.74) is 3.93. The van der Waals surface area contributed by atoms with Gasteiger partial charge in [-0.05, 0) is 48.4 Å². The Balaban J connectivity index is 1.34. The highest BCUT2D eigenvalue weighted by Gasteiger charge is 2.12. The molecular weight excluding hydrogens is 364 g/mol. The van der Waals surface area contributed by atoms with Crippen molar-refractivity contribution in [1.82, 2.24) is 5.43 Å². The molecule has 1 aliphatic heterocycles. The fourth-order valence-electron chi connectivity index (χ4n) is 2.75. The minimum atomic E-state index is -0.433. The standard InChI is InChI=1S/C20H16N2O6/c1-12-6-20(24)28-17-8-14(3-4-15(12)17)25-10-19(23)22-21-9-13-2-5-16-18(7-13)27-11-26-16/h2-9H,10-11H2,1H3,(H,22,23)/b21-9+. The normalized spacial score (nSPS) is 12.5. The first-order valence-electron chi connectivity index (χ1n) is 8.47. The van der Waals surface area contributed by atoms with Gasteiger partial charge in [0.05, 0.1) is 6.21 Å². The van der Waals surface area contributed by atoms with Crippen molar-refractivity contribution in [1.29, 1.82) is 0 Å². The van der Waals surface area contributed by atoms with Crippen molar-refractivity contribution in [3.05, 3.63) is 64.0 Å². The molecule has 0 fully saturated rings. The highest BCUT2D eigenvalue weighted by Crippen LogP contribution is 2.31. The number of amides is 1. The minimum Gasteiger partial charge on any atom is -0.484 e. The summed E-state index contributed by atoms with van der Waals surface area (Å²) in [6.45, 7) is 1.78. The number of benzene rings is 2. The molecule has 8 heteroatoms. The number of aryl methyl sites for hydroxylation is 1. The number of hydrogen-bond acceptors (Lipinski definition) is 7. The van der Waals surface area contributed by atoms with Crippen LogP contribution in [0.3, 0.4) is 0 Å². The van der Waals surface area contributed by atoms with Crippen molar-refractivity contribution in [3.63, 3.8) is 0 Å². The van der Waals surface area contributed by atoms with E-state index in [0.717, 1.165) is 16.5 Å². The summed E-state index contributed by atoms with van der Waals surface area (Å²) in [4.78, 5) is 23.4. The number of carbonyl (C=O) groups excluding carboxylic acids is 1. The van der Waals surface area contributed by atoms with Crippen molar-refractivity contribution in [3.8, 4) is 17.2 Å². The number of ether oxygens (including phenoxy) is 3. The lowest BCUT2D eigenvalue weighted by Crippen LogP contribution is -2.24. The van der Waals surface area contributed by atoms with Crippen molar-refractivity contribution in [2.24, 2.45) is 5.10 Å². The smallest absolute Gasteiger partial charge is 0.336 e. The molecule has 0 saturated heterocycles. The van der Waals surface area contributed by atoms with Gasteiger partial charge >= 0.3 is 5.63 Å². The molecule has 1 N–H and O–H groups in total. The molecule has 0 saturated carbocycles. The third kappa shape index (κ3) is 3.80. The second-order valence-electron chi connectivity index (χ2n) is 6.10. The van der Waals surface area contributed by atoms with Gasteiger partial charge in [-0.2, -0.15) is 5.10 Å². The predicted molar refractivity (Wildman–Crippen MR) is 101 cm³/mol. The van der Waals surface area contributed by atoms with Crippen LogP contribution in [0.5, 0.6) is 17.2 Å². The molecule has 142 valence electrons. The molecule has 2 heterocycles. The van der Waals surface area contributed by atoms with E-state index in [9.17, 15) is 9.59 Å². The first-order valence-corrected chi connectivity index (χ1v) is 8.47. The SMILES string of the molecule is Cc1cc(=O)oc2cc(OCC(=O)N/N=C/c3ccc4c(c3)OCO4)ccc12. The summed E-state index contributed by atoms with van der Waals surface area (Å²) >= 11 is 0. The Morgan fingerprint density at radius 3 is 2.93 bits per heavy atom. The van der Waals surface area contributed by atoms with Gasteiger partial charge in [-0.25, -0.2) is 10.2 Å². The van der Waals surface area contributed by atoms with Crippen LogP contribution in [0.15, 0.2) is 56.8 Å². The van der Waals surface area contributed by atoms with Gasteiger partial charge in [0.15, 0.2) is 18.1 Å². The van der Waals surface area contributed by atoms with Crippen molar-refractivity contribution in [2.45, 2.75) is 6.92 Å².